The molecule has 2 rings (SSSR count). The van der Waals surface area contributed by atoms with Crippen molar-refractivity contribution in [2.45, 2.75) is 0 Å². The zero-order valence-electron chi connectivity index (χ0n) is 7.24. The van der Waals surface area contributed by atoms with Crippen LogP contribution in [0, 0.1) is 9.52 Å². The van der Waals surface area contributed by atoms with E-state index >= 15 is 0 Å². The van der Waals surface area contributed by atoms with Gasteiger partial charge in [-0.25, -0.2) is 4.98 Å². The van der Waals surface area contributed by atoms with Crippen molar-refractivity contribution in [2.75, 3.05) is 0 Å². The summed E-state index contributed by atoms with van der Waals surface area (Å²) in [5.74, 6) is -0.420. The van der Waals surface area contributed by atoms with Gasteiger partial charge in [-0.05, 0) is 34.2 Å². The Balaban J connectivity index is 2.57. The van der Waals surface area contributed by atoms with Gasteiger partial charge in [0, 0.05) is 15.3 Å². The molecule has 0 saturated heterocycles. The van der Waals surface area contributed by atoms with Gasteiger partial charge in [0.25, 0.3) is 0 Å². The van der Waals surface area contributed by atoms with Crippen LogP contribution in [-0.4, -0.2) is 4.98 Å². The highest BCUT2D eigenvalue weighted by Gasteiger charge is 2.05. The van der Waals surface area contributed by atoms with E-state index in [4.69, 9.17) is 0 Å². The van der Waals surface area contributed by atoms with Crippen LogP contribution in [0.15, 0.2) is 42.6 Å². The van der Waals surface area contributed by atoms with E-state index in [0.29, 0.717) is 5.56 Å². The Morgan fingerprint density at radius 2 is 1.86 bits per heavy atom. The van der Waals surface area contributed by atoms with E-state index in [1.54, 1.807) is 6.07 Å². The van der Waals surface area contributed by atoms with Crippen LogP contribution in [0.4, 0.5) is 4.39 Å². The first-order chi connectivity index (χ1) is 6.77. The predicted octanol–water partition coefficient (Wildman–Crippen LogP) is 3.49. The quantitative estimate of drug-likeness (QED) is 0.580. The predicted molar refractivity (Wildman–Crippen MR) is 62.3 cm³/mol. The van der Waals surface area contributed by atoms with Gasteiger partial charge in [0.05, 0.1) is 0 Å². The molecule has 0 aliphatic rings. The minimum atomic E-state index is -0.420. The summed E-state index contributed by atoms with van der Waals surface area (Å²) in [6, 6.07) is 11.2. The van der Waals surface area contributed by atoms with Crippen LogP contribution in [0.5, 0.6) is 0 Å². The summed E-state index contributed by atoms with van der Waals surface area (Å²) in [5, 5.41) is 0. The lowest BCUT2D eigenvalue weighted by Gasteiger charge is -2.02. The molecule has 0 aliphatic heterocycles. The monoisotopic (exact) mass is 299 g/mol. The Hall–Kier alpha value is -0.970. The molecule has 0 atom stereocenters. The highest BCUT2D eigenvalue weighted by molar-refractivity contribution is 14.1. The maximum Gasteiger partial charge on any atom is 0.220 e. The molecular formula is C11H7FIN. The topological polar surface area (TPSA) is 12.9 Å². The molecule has 0 N–H and O–H groups in total. The van der Waals surface area contributed by atoms with Crippen LogP contribution in [-0.2, 0) is 0 Å². The van der Waals surface area contributed by atoms with Gasteiger partial charge >= 0.3 is 0 Å². The molecule has 70 valence electrons. The first-order valence-electron chi connectivity index (χ1n) is 4.14. The smallest absolute Gasteiger partial charge is 0.220 e. The van der Waals surface area contributed by atoms with E-state index in [9.17, 15) is 4.39 Å². The Morgan fingerprint density at radius 3 is 2.57 bits per heavy atom. The summed E-state index contributed by atoms with van der Waals surface area (Å²) in [6.45, 7) is 0. The molecule has 14 heavy (non-hydrogen) atoms. The third-order valence-electron chi connectivity index (χ3n) is 1.89. The Bertz CT molecular complexity index is 442. The molecule has 0 bridgehead atoms. The van der Waals surface area contributed by atoms with Crippen molar-refractivity contribution >= 4 is 22.6 Å². The zero-order valence-corrected chi connectivity index (χ0v) is 9.40. The Kier molecular flexibility index (Phi) is 2.77. The van der Waals surface area contributed by atoms with Crippen molar-refractivity contribution in [1.29, 1.82) is 0 Å². The molecule has 1 aromatic heterocycles. The molecule has 1 heterocycles. The number of rotatable bonds is 1. The highest BCUT2D eigenvalue weighted by atomic mass is 127. The minimum Gasteiger partial charge on any atom is -0.227 e. The molecule has 0 fully saturated rings. The Morgan fingerprint density at radius 1 is 1.14 bits per heavy atom. The molecule has 2 aromatic rings. The van der Waals surface area contributed by atoms with Crippen LogP contribution in [0.1, 0.15) is 0 Å². The van der Waals surface area contributed by atoms with Crippen molar-refractivity contribution < 1.29 is 4.39 Å². The molecule has 0 radical (unpaired) electrons. The number of halogens is 2. The molecule has 0 unspecified atom stereocenters. The normalized spacial score (nSPS) is 10.1. The average Bonchev–Trinajstić information content (AvgIpc) is 2.23. The molecule has 0 aliphatic carbocycles. The van der Waals surface area contributed by atoms with Gasteiger partial charge in [-0.1, -0.05) is 30.3 Å². The van der Waals surface area contributed by atoms with Gasteiger partial charge in [-0.3, -0.25) is 0 Å². The third-order valence-corrected chi connectivity index (χ3v) is 2.48. The fourth-order valence-electron chi connectivity index (χ4n) is 1.24. The van der Waals surface area contributed by atoms with Crippen LogP contribution in [0.3, 0.4) is 0 Å². The number of hydrogen-bond acceptors (Lipinski definition) is 1. The largest absolute Gasteiger partial charge is 0.227 e. The first kappa shape index (κ1) is 9.58. The lowest BCUT2D eigenvalue weighted by molar-refractivity contribution is 0.587. The number of benzene rings is 1. The van der Waals surface area contributed by atoms with Crippen molar-refractivity contribution in [2.24, 2.45) is 0 Å². The van der Waals surface area contributed by atoms with Crippen LogP contribution >= 0.6 is 22.6 Å². The van der Waals surface area contributed by atoms with Crippen molar-refractivity contribution in [3.8, 4) is 11.1 Å². The van der Waals surface area contributed by atoms with E-state index in [-0.39, 0.29) is 0 Å². The average molecular weight is 299 g/mol. The number of nitrogens with zero attached hydrogens (tertiary/aromatic N) is 1. The molecule has 3 heteroatoms. The van der Waals surface area contributed by atoms with E-state index in [2.05, 4.69) is 27.6 Å². The van der Waals surface area contributed by atoms with Gasteiger partial charge in [-0.2, -0.15) is 4.39 Å². The highest BCUT2D eigenvalue weighted by Crippen LogP contribution is 2.22. The summed E-state index contributed by atoms with van der Waals surface area (Å²) in [6.07, 6.45) is 1.52. The van der Waals surface area contributed by atoms with E-state index in [1.165, 1.54) is 6.20 Å². The van der Waals surface area contributed by atoms with Crippen LogP contribution in [0.25, 0.3) is 11.1 Å². The van der Waals surface area contributed by atoms with E-state index < -0.39 is 5.95 Å². The van der Waals surface area contributed by atoms with Crippen molar-refractivity contribution in [1.82, 2.24) is 4.98 Å². The van der Waals surface area contributed by atoms with Crippen molar-refractivity contribution in [3.05, 3.63) is 52.1 Å². The second kappa shape index (κ2) is 4.04. The number of aromatic nitrogens is 1. The van der Waals surface area contributed by atoms with Crippen LogP contribution in [0.2, 0.25) is 0 Å². The summed E-state index contributed by atoms with van der Waals surface area (Å²) in [7, 11) is 0. The lowest BCUT2D eigenvalue weighted by atomic mass is 10.1. The molecule has 0 spiro atoms. The van der Waals surface area contributed by atoms with Crippen LogP contribution < -0.4 is 0 Å². The second-order valence-electron chi connectivity index (χ2n) is 2.86. The number of pyridine rings is 1. The van der Waals surface area contributed by atoms with Gasteiger partial charge in [-0.15, -0.1) is 0 Å². The van der Waals surface area contributed by atoms with Gasteiger partial charge in [0.1, 0.15) is 0 Å². The molecule has 1 aromatic carbocycles. The summed E-state index contributed by atoms with van der Waals surface area (Å²) >= 11 is 2.12. The molecular weight excluding hydrogens is 292 g/mol. The second-order valence-corrected chi connectivity index (χ2v) is 4.10. The lowest BCUT2D eigenvalue weighted by Crippen LogP contribution is -1.89. The molecule has 0 amide bonds. The van der Waals surface area contributed by atoms with Crippen molar-refractivity contribution in [3.63, 3.8) is 0 Å². The summed E-state index contributed by atoms with van der Waals surface area (Å²) in [4.78, 5) is 3.68. The van der Waals surface area contributed by atoms with Gasteiger partial charge in [0.2, 0.25) is 5.95 Å². The SMILES string of the molecule is Fc1ncc(I)cc1-c1ccccc1. The van der Waals surface area contributed by atoms with E-state index in [1.807, 2.05) is 30.3 Å². The fourth-order valence-corrected chi connectivity index (χ4v) is 1.69. The van der Waals surface area contributed by atoms with Gasteiger partial charge < -0.3 is 0 Å². The maximum absolute atomic E-state index is 13.3. The molecule has 1 nitrogen and oxygen atoms in total. The molecule has 0 saturated carbocycles. The minimum absolute atomic E-state index is 0.420. The standard InChI is InChI=1S/C11H7FIN/c12-11-10(6-9(13)7-14-11)8-4-2-1-3-5-8/h1-7H. The number of hydrogen-bond donors (Lipinski definition) is 0. The fraction of sp³-hybridized carbons (Fsp3) is 0. The Labute approximate surface area is 95.1 Å². The van der Waals surface area contributed by atoms with E-state index in [0.717, 1.165) is 9.13 Å². The summed E-state index contributed by atoms with van der Waals surface area (Å²) < 4.78 is 14.3. The maximum atomic E-state index is 13.3. The van der Waals surface area contributed by atoms with Gasteiger partial charge in [0.15, 0.2) is 0 Å². The summed E-state index contributed by atoms with van der Waals surface area (Å²) in [5.41, 5.74) is 1.41. The third kappa shape index (κ3) is 1.92. The zero-order chi connectivity index (χ0) is 9.97. The first-order valence-corrected chi connectivity index (χ1v) is 5.22.